The smallest absolute Gasteiger partial charge is 0.130 e. The van der Waals surface area contributed by atoms with E-state index >= 15 is 0 Å². The highest BCUT2D eigenvalue weighted by Crippen LogP contribution is 2.25. The van der Waals surface area contributed by atoms with Crippen LogP contribution in [0.15, 0.2) is 36.4 Å². The van der Waals surface area contributed by atoms with Crippen molar-refractivity contribution in [3.63, 3.8) is 0 Å². The maximum absolute atomic E-state index is 6.07. The Labute approximate surface area is 131 Å². The van der Waals surface area contributed by atoms with Crippen LogP contribution in [0.25, 0.3) is 0 Å². The van der Waals surface area contributed by atoms with Gasteiger partial charge in [0.2, 0.25) is 0 Å². The second-order valence-corrected chi connectivity index (χ2v) is 5.62. The number of halogens is 1. The molecular weight excluding hydrogens is 284 g/mol. The molecule has 0 amide bonds. The molecule has 112 valence electrons. The molecule has 3 nitrogen and oxygen atoms in total. The van der Waals surface area contributed by atoms with Crippen LogP contribution in [0.3, 0.4) is 0 Å². The van der Waals surface area contributed by atoms with Crippen molar-refractivity contribution in [3.05, 3.63) is 58.4 Å². The van der Waals surface area contributed by atoms with Gasteiger partial charge in [-0.05, 0) is 55.7 Å². The van der Waals surface area contributed by atoms with Crippen LogP contribution in [-0.2, 0) is 13.0 Å². The minimum atomic E-state index is 0.114. The van der Waals surface area contributed by atoms with Crippen molar-refractivity contribution in [2.24, 2.45) is 5.73 Å². The van der Waals surface area contributed by atoms with E-state index < -0.39 is 0 Å². The monoisotopic (exact) mass is 304 g/mol. The van der Waals surface area contributed by atoms with Gasteiger partial charge < -0.3 is 10.5 Å². The first-order valence-electron chi connectivity index (χ1n) is 7.18. The summed E-state index contributed by atoms with van der Waals surface area (Å²) in [7, 11) is 0. The van der Waals surface area contributed by atoms with Gasteiger partial charge >= 0.3 is 0 Å². The van der Waals surface area contributed by atoms with Crippen LogP contribution in [0, 0.1) is 6.92 Å². The van der Waals surface area contributed by atoms with Crippen LogP contribution >= 0.6 is 11.6 Å². The Balaban J connectivity index is 2.11. The van der Waals surface area contributed by atoms with Gasteiger partial charge in [0, 0.05) is 16.8 Å². The van der Waals surface area contributed by atoms with Crippen LogP contribution in [0.4, 0.5) is 0 Å². The molecule has 0 spiro atoms. The summed E-state index contributed by atoms with van der Waals surface area (Å²) in [6.45, 7) is 4.49. The van der Waals surface area contributed by atoms with Crippen molar-refractivity contribution in [1.29, 1.82) is 0 Å². The summed E-state index contributed by atoms with van der Waals surface area (Å²) >= 11 is 6.07. The molecule has 2 N–H and O–H groups in total. The Morgan fingerprint density at radius 2 is 2.10 bits per heavy atom. The second kappa shape index (κ2) is 7.43. The Morgan fingerprint density at radius 3 is 2.81 bits per heavy atom. The lowest BCUT2D eigenvalue weighted by Gasteiger charge is -2.15. The van der Waals surface area contributed by atoms with E-state index in [1.54, 1.807) is 0 Å². The first-order chi connectivity index (χ1) is 10.1. The fraction of sp³-hybridized carbons (Fsp3) is 0.353. The molecule has 1 aromatic heterocycles. The van der Waals surface area contributed by atoms with E-state index in [0.717, 1.165) is 35.5 Å². The molecule has 1 aromatic carbocycles. The van der Waals surface area contributed by atoms with Crippen molar-refractivity contribution < 1.29 is 4.74 Å². The number of nitrogens with two attached hydrogens (primary N) is 1. The summed E-state index contributed by atoms with van der Waals surface area (Å²) in [5.41, 5.74) is 8.99. The molecule has 0 aliphatic heterocycles. The minimum Gasteiger partial charge on any atom is -0.487 e. The fourth-order valence-electron chi connectivity index (χ4n) is 2.11. The van der Waals surface area contributed by atoms with Crippen molar-refractivity contribution >= 4 is 11.6 Å². The molecule has 0 saturated heterocycles. The Kier molecular flexibility index (Phi) is 5.59. The number of nitrogens with zero attached hydrogens (tertiary/aromatic N) is 1. The van der Waals surface area contributed by atoms with E-state index in [2.05, 4.69) is 11.9 Å². The molecule has 0 saturated carbocycles. The molecule has 0 aliphatic carbocycles. The van der Waals surface area contributed by atoms with E-state index in [1.807, 2.05) is 43.3 Å². The topological polar surface area (TPSA) is 48.1 Å². The van der Waals surface area contributed by atoms with E-state index in [-0.39, 0.29) is 6.04 Å². The van der Waals surface area contributed by atoms with Gasteiger partial charge in [0.15, 0.2) is 0 Å². The van der Waals surface area contributed by atoms with Gasteiger partial charge in [0.1, 0.15) is 12.4 Å². The molecular formula is C17H21ClN2O. The minimum absolute atomic E-state index is 0.114. The van der Waals surface area contributed by atoms with E-state index in [0.29, 0.717) is 11.6 Å². The highest BCUT2D eigenvalue weighted by Gasteiger charge is 2.09. The third-order valence-electron chi connectivity index (χ3n) is 3.35. The number of aryl methyl sites for hydroxylation is 1. The summed E-state index contributed by atoms with van der Waals surface area (Å²) in [6.07, 6.45) is 1.68. The largest absolute Gasteiger partial charge is 0.487 e. The lowest BCUT2D eigenvalue weighted by molar-refractivity contribution is 0.297. The SMILES string of the molecule is CCC(N)Cc1cc(Cl)ccc1OCc1cccc(C)n1. The van der Waals surface area contributed by atoms with Crippen LogP contribution in [0.1, 0.15) is 30.3 Å². The first-order valence-corrected chi connectivity index (χ1v) is 7.55. The normalized spacial score (nSPS) is 12.2. The first kappa shape index (κ1) is 15.8. The number of benzene rings is 1. The fourth-order valence-corrected chi connectivity index (χ4v) is 2.30. The van der Waals surface area contributed by atoms with Crippen molar-refractivity contribution in [3.8, 4) is 5.75 Å². The molecule has 21 heavy (non-hydrogen) atoms. The zero-order chi connectivity index (χ0) is 15.2. The third-order valence-corrected chi connectivity index (χ3v) is 3.59. The summed E-state index contributed by atoms with van der Waals surface area (Å²) < 4.78 is 5.90. The standard InChI is InChI=1S/C17H21ClN2O/c1-3-15(19)10-13-9-14(18)7-8-17(13)21-11-16-6-4-5-12(2)20-16/h4-9,15H,3,10-11,19H2,1-2H3. The molecule has 1 atom stereocenters. The summed E-state index contributed by atoms with van der Waals surface area (Å²) in [6, 6.07) is 11.7. The van der Waals surface area contributed by atoms with E-state index in [1.165, 1.54) is 0 Å². The third kappa shape index (κ3) is 4.73. The Bertz CT molecular complexity index is 601. The van der Waals surface area contributed by atoms with Crippen molar-refractivity contribution in [2.75, 3.05) is 0 Å². The van der Waals surface area contributed by atoms with Crippen molar-refractivity contribution in [1.82, 2.24) is 4.98 Å². The number of hydrogen-bond donors (Lipinski definition) is 1. The molecule has 0 aliphatic rings. The number of rotatable bonds is 6. The lowest BCUT2D eigenvalue weighted by atomic mass is 10.0. The Morgan fingerprint density at radius 1 is 1.29 bits per heavy atom. The number of ether oxygens (including phenoxy) is 1. The van der Waals surface area contributed by atoms with Gasteiger partial charge in [-0.2, -0.15) is 0 Å². The molecule has 1 unspecified atom stereocenters. The number of aromatic nitrogens is 1. The van der Waals surface area contributed by atoms with Crippen LogP contribution < -0.4 is 10.5 Å². The lowest BCUT2D eigenvalue weighted by Crippen LogP contribution is -2.21. The molecule has 0 fully saturated rings. The predicted molar refractivity (Wildman–Crippen MR) is 86.7 cm³/mol. The van der Waals surface area contributed by atoms with Gasteiger partial charge in [-0.15, -0.1) is 0 Å². The summed E-state index contributed by atoms with van der Waals surface area (Å²) in [5, 5.41) is 0.703. The van der Waals surface area contributed by atoms with Crippen LogP contribution in [-0.4, -0.2) is 11.0 Å². The van der Waals surface area contributed by atoms with Crippen LogP contribution in [0.5, 0.6) is 5.75 Å². The highest BCUT2D eigenvalue weighted by atomic mass is 35.5. The summed E-state index contributed by atoms with van der Waals surface area (Å²) in [4.78, 5) is 4.44. The summed E-state index contributed by atoms with van der Waals surface area (Å²) in [5.74, 6) is 0.826. The van der Waals surface area contributed by atoms with Gasteiger partial charge in [-0.3, -0.25) is 4.98 Å². The van der Waals surface area contributed by atoms with Crippen molar-refractivity contribution in [2.45, 2.75) is 39.3 Å². The molecule has 2 rings (SSSR count). The number of hydrogen-bond acceptors (Lipinski definition) is 3. The van der Waals surface area contributed by atoms with E-state index in [9.17, 15) is 0 Å². The van der Waals surface area contributed by atoms with Gasteiger partial charge in [0.05, 0.1) is 5.69 Å². The van der Waals surface area contributed by atoms with Gasteiger partial charge in [-0.25, -0.2) is 0 Å². The average molecular weight is 305 g/mol. The van der Waals surface area contributed by atoms with Gasteiger partial charge in [-0.1, -0.05) is 24.6 Å². The zero-order valence-corrected chi connectivity index (χ0v) is 13.2. The second-order valence-electron chi connectivity index (χ2n) is 5.18. The van der Waals surface area contributed by atoms with Gasteiger partial charge in [0.25, 0.3) is 0 Å². The average Bonchev–Trinajstić information content (AvgIpc) is 2.46. The van der Waals surface area contributed by atoms with Crippen LogP contribution in [0.2, 0.25) is 5.02 Å². The maximum Gasteiger partial charge on any atom is 0.130 e. The highest BCUT2D eigenvalue weighted by molar-refractivity contribution is 6.30. The quantitative estimate of drug-likeness (QED) is 0.880. The molecule has 4 heteroatoms. The van der Waals surface area contributed by atoms with E-state index in [4.69, 9.17) is 22.1 Å². The molecule has 0 radical (unpaired) electrons. The molecule has 0 bridgehead atoms. The zero-order valence-electron chi connectivity index (χ0n) is 12.5. The maximum atomic E-state index is 6.07. The predicted octanol–water partition coefficient (Wildman–Crippen LogP) is 3.90. The molecule has 2 aromatic rings. The number of pyridine rings is 1. The Hall–Kier alpha value is -1.58. The molecule has 1 heterocycles.